The monoisotopic (exact) mass is 329 g/mol. The van der Waals surface area contributed by atoms with Crippen LogP contribution in [0.2, 0.25) is 5.02 Å². The zero-order valence-electron chi connectivity index (χ0n) is 11.4. The van der Waals surface area contributed by atoms with Crippen molar-refractivity contribution in [3.63, 3.8) is 0 Å². The fourth-order valence-corrected chi connectivity index (χ4v) is 2.63. The summed E-state index contributed by atoms with van der Waals surface area (Å²) in [6.07, 6.45) is -5.03. The number of ether oxygens (including phenoxy) is 2. The van der Waals surface area contributed by atoms with Gasteiger partial charge in [-0.05, 0) is 18.2 Å². The Bertz CT molecular complexity index is 660. The molecule has 2 heterocycles. The summed E-state index contributed by atoms with van der Waals surface area (Å²) in [6, 6.07) is 5.18. The number of hydrogen-bond donors (Lipinski definition) is 5. The molecule has 5 atom stereocenters. The van der Waals surface area contributed by atoms with Crippen LogP contribution in [0.1, 0.15) is 0 Å². The van der Waals surface area contributed by atoms with E-state index in [1.54, 1.807) is 24.4 Å². The third kappa shape index (κ3) is 2.67. The first-order valence-electron chi connectivity index (χ1n) is 6.75. The molecule has 2 aromatic rings. The molecule has 0 spiro atoms. The number of rotatable bonds is 3. The average molecular weight is 330 g/mol. The van der Waals surface area contributed by atoms with Crippen LogP contribution < -0.4 is 4.74 Å². The van der Waals surface area contributed by atoms with Crippen LogP contribution in [0.15, 0.2) is 24.4 Å². The molecule has 8 heteroatoms. The topological polar surface area (TPSA) is 115 Å². The number of halogens is 1. The van der Waals surface area contributed by atoms with Gasteiger partial charge in [0.05, 0.1) is 6.61 Å². The van der Waals surface area contributed by atoms with Crippen molar-refractivity contribution in [1.82, 2.24) is 4.98 Å². The first-order valence-corrected chi connectivity index (χ1v) is 7.13. The van der Waals surface area contributed by atoms with Crippen LogP contribution in [0.5, 0.6) is 5.75 Å². The summed E-state index contributed by atoms with van der Waals surface area (Å²) in [6.45, 7) is -0.509. The van der Waals surface area contributed by atoms with Gasteiger partial charge in [-0.1, -0.05) is 11.6 Å². The zero-order valence-corrected chi connectivity index (χ0v) is 12.1. The summed E-state index contributed by atoms with van der Waals surface area (Å²) in [5.41, 5.74) is 0.781. The predicted octanol–water partition coefficient (Wildman–Crippen LogP) is -0.000000000000000278. The smallest absolute Gasteiger partial charge is 0.229 e. The molecule has 1 saturated heterocycles. The highest BCUT2D eigenvalue weighted by Crippen LogP contribution is 2.31. The summed E-state index contributed by atoms with van der Waals surface area (Å²) >= 11 is 5.95. The van der Waals surface area contributed by atoms with Crippen LogP contribution >= 0.6 is 11.6 Å². The van der Waals surface area contributed by atoms with Crippen molar-refractivity contribution in [2.75, 3.05) is 6.61 Å². The van der Waals surface area contributed by atoms with E-state index >= 15 is 0 Å². The van der Waals surface area contributed by atoms with E-state index in [-0.39, 0.29) is 0 Å². The van der Waals surface area contributed by atoms with Gasteiger partial charge in [0.25, 0.3) is 0 Å². The number of benzene rings is 1. The van der Waals surface area contributed by atoms with Crippen LogP contribution in [0.4, 0.5) is 0 Å². The Hall–Kier alpha value is -1.35. The normalized spacial score (nSPS) is 32.3. The van der Waals surface area contributed by atoms with E-state index in [0.29, 0.717) is 16.2 Å². The second-order valence-electron chi connectivity index (χ2n) is 5.16. The molecule has 0 radical (unpaired) electrons. The SMILES string of the molecule is OC[C@H]1O[C@@H](Oc2c[nH]c3ccc(Cl)cc23)[C@H](O)[C@@H](O)[C@H]1O. The zero-order chi connectivity index (χ0) is 15.9. The second kappa shape index (κ2) is 6.04. The molecule has 0 bridgehead atoms. The molecule has 1 aliphatic rings. The Balaban J connectivity index is 1.85. The van der Waals surface area contributed by atoms with Gasteiger partial charge in [0.15, 0.2) is 0 Å². The van der Waals surface area contributed by atoms with Gasteiger partial charge in [-0.25, -0.2) is 0 Å². The van der Waals surface area contributed by atoms with Gasteiger partial charge in [0.2, 0.25) is 6.29 Å². The first-order chi connectivity index (χ1) is 10.5. The van der Waals surface area contributed by atoms with Crippen molar-refractivity contribution >= 4 is 22.5 Å². The van der Waals surface area contributed by atoms with E-state index < -0.39 is 37.3 Å². The van der Waals surface area contributed by atoms with Gasteiger partial charge >= 0.3 is 0 Å². The molecule has 1 aliphatic heterocycles. The summed E-state index contributed by atoms with van der Waals surface area (Å²) in [5, 5.41) is 39.8. The minimum absolute atomic E-state index is 0.377. The van der Waals surface area contributed by atoms with Crippen LogP contribution in [-0.2, 0) is 4.74 Å². The van der Waals surface area contributed by atoms with Crippen molar-refractivity contribution in [3.05, 3.63) is 29.4 Å². The molecule has 0 saturated carbocycles. The number of aliphatic hydroxyl groups is 4. The fourth-order valence-electron chi connectivity index (χ4n) is 2.45. The molecule has 1 fully saturated rings. The molecule has 7 nitrogen and oxygen atoms in total. The fraction of sp³-hybridized carbons (Fsp3) is 0.429. The number of aliphatic hydroxyl groups excluding tert-OH is 4. The Labute approximate surface area is 130 Å². The van der Waals surface area contributed by atoms with Crippen molar-refractivity contribution in [2.45, 2.75) is 30.7 Å². The highest BCUT2D eigenvalue weighted by molar-refractivity contribution is 6.31. The van der Waals surface area contributed by atoms with Gasteiger partial charge in [-0.15, -0.1) is 0 Å². The average Bonchev–Trinajstić information content (AvgIpc) is 2.90. The van der Waals surface area contributed by atoms with Crippen LogP contribution in [-0.4, -0.2) is 62.7 Å². The molecule has 0 amide bonds. The highest BCUT2D eigenvalue weighted by Gasteiger charge is 2.44. The van der Waals surface area contributed by atoms with Gasteiger partial charge in [-0.2, -0.15) is 0 Å². The van der Waals surface area contributed by atoms with E-state index in [0.717, 1.165) is 5.52 Å². The molecular formula is C14H16ClNO6. The maximum atomic E-state index is 9.97. The molecule has 0 aliphatic carbocycles. The van der Waals surface area contributed by atoms with Crippen molar-refractivity contribution in [3.8, 4) is 5.75 Å². The third-order valence-electron chi connectivity index (χ3n) is 3.70. The molecule has 120 valence electrons. The summed E-state index contributed by atoms with van der Waals surface area (Å²) in [4.78, 5) is 2.98. The summed E-state index contributed by atoms with van der Waals surface area (Å²) in [5.74, 6) is 0.377. The minimum Gasteiger partial charge on any atom is -0.460 e. The van der Waals surface area contributed by atoms with Crippen LogP contribution in [0.3, 0.4) is 0 Å². The Kier molecular flexibility index (Phi) is 4.26. The lowest BCUT2D eigenvalue weighted by Gasteiger charge is -2.39. The molecule has 0 unspecified atom stereocenters. The summed E-state index contributed by atoms with van der Waals surface area (Å²) in [7, 11) is 0. The van der Waals surface area contributed by atoms with E-state index in [4.69, 9.17) is 26.2 Å². The summed E-state index contributed by atoms with van der Waals surface area (Å²) < 4.78 is 10.9. The second-order valence-corrected chi connectivity index (χ2v) is 5.59. The van der Waals surface area contributed by atoms with Gasteiger partial charge in [0.1, 0.15) is 30.2 Å². The minimum atomic E-state index is -1.48. The lowest BCUT2D eigenvalue weighted by atomic mass is 9.99. The number of fused-ring (bicyclic) bond motifs is 1. The van der Waals surface area contributed by atoms with Crippen molar-refractivity contribution in [2.24, 2.45) is 0 Å². The van der Waals surface area contributed by atoms with Gasteiger partial charge in [-0.3, -0.25) is 0 Å². The number of nitrogens with one attached hydrogen (secondary N) is 1. The number of H-pyrrole nitrogens is 1. The Morgan fingerprint density at radius 3 is 2.68 bits per heavy atom. The van der Waals surface area contributed by atoms with E-state index in [1.807, 2.05) is 0 Å². The van der Waals surface area contributed by atoms with E-state index in [2.05, 4.69) is 4.98 Å². The molecule has 5 N–H and O–H groups in total. The van der Waals surface area contributed by atoms with Crippen molar-refractivity contribution < 1.29 is 29.9 Å². The molecular weight excluding hydrogens is 314 g/mol. The molecule has 3 rings (SSSR count). The van der Waals surface area contributed by atoms with Gasteiger partial charge < -0.3 is 34.9 Å². The quantitative estimate of drug-likeness (QED) is 0.541. The Morgan fingerprint density at radius 1 is 1.18 bits per heavy atom. The van der Waals surface area contributed by atoms with E-state index in [9.17, 15) is 15.3 Å². The Morgan fingerprint density at radius 2 is 1.95 bits per heavy atom. The predicted molar refractivity (Wildman–Crippen MR) is 77.7 cm³/mol. The maximum Gasteiger partial charge on any atom is 0.229 e. The maximum absolute atomic E-state index is 9.97. The lowest BCUT2D eigenvalue weighted by molar-refractivity contribution is -0.277. The van der Waals surface area contributed by atoms with E-state index in [1.165, 1.54) is 0 Å². The molecule has 1 aromatic carbocycles. The first kappa shape index (κ1) is 15.5. The third-order valence-corrected chi connectivity index (χ3v) is 3.93. The van der Waals surface area contributed by atoms with Crippen LogP contribution in [0.25, 0.3) is 10.9 Å². The largest absolute Gasteiger partial charge is 0.460 e. The molecule has 1 aromatic heterocycles. The number of aromatic nitrogens is 1. The molecule has 22 heavy (non-hydrogen) atoms. The number of hydrogen-bond acceptors (Lipinski definition) is 6. The van der Waals surface area contributed by atoms with Crippen molar-refractivity contribution in [1.29, 1.82) is 0 Å². The van der Waals surface area contributed by atoms with Gasteiger partial charge in [0, 0.05) is 22.1 Å². The van der Waals surface area contributed by atoms with Crippen LogP contribution in [0, 0.1) is 0 Å². The number of aromatic amines is 1. The lowest BCUT2D eigenvalue weighted by Crippen LogP contribution is -2.60. The highest BCUT2D eigenvalue weighted by atomic mass is 35.5. The standard InChI is InChI=1S/C14H16ClNO6/c15-6-1-2-8-7(3-6)9(4-16-8)21-14-13(20)12(19)11(18)10(5-17)22-14/h1-4,10-14,16-20H,5H2/t10-,11+,12+,13-,14-/m1/s1.